The monoisotopic (exact) mass is 249 g/mol. The molecule has 19 heavy (non-hydrogen) atoms. The van der Waals surface area contributed by atoms with Crippen molar-refractivity contribution in [2.45, 2.75) is 0 Å². The van der Waals surface area contributed by atoms with Crippen LogP contribution in [0.3, 0.4) is 0 Å². The summed E-state index contributed by atoms with van der Waals surface area (Å²) in [6, 6.07) is 21.4. The lowest BCUT2D eigenvalue weighted by Gasteiger charge is -2.03. The zero-order valence-corrected chi connectivity index (χ0v) is 10.5. The maximum atomic E-state index is 10.8. The summed E-state index contributed by atoms with van der Waals surface area (Å²) in [5.41, 5.74) is 2.80. The zero-order chi connectivity index (χ0) is 13.3. The molecule has 2 nitrogen and oxygen atoms in total. The first-order valence-corrected chi connectivity index (χ1v) is 6.09. The standard InChI is InChI=1S/C13H10O.C4H5N/c14-10-12-8-4-5-9-13(12)11-6-2-1-3-7-11;1-2-4-5-3-1/h1-10H;1-5H. The van der Waals surface area contributed by atoms with E-state index in [9.17, 15) is 4.79 Å². The molecule has 1 heterocycles. The lowest BCUT2D eigenvalue weighted by atomic mass is 10.0. The molecule has 0 bridgehead atoms. The minimum absolute atomic E-state index is 0.735. The van der Waals surface area contributed by atoms with Crippen molar-refractivity contribution in [1.82, 2.24) is 4.98 Å². The van der Waals surface area contributed by atoms with Crippen LogP contribution in [-0.2, 0) is 0 Å². The van der Waals surface area contributed by atoms with Gasteiger partial charge in [0.1, 0.15) is 0 Å². The fourth-order valence-corrected chi connectivity index (χ4v) is 1.76. The first-order valence-electron chi connectivity index (χ1n) is 6.09. The molecule has 2 heteroatoms. The van der Waals surface area contributed by atoms with Gasteiger partial charge in [0.15, 0.2) is 6.29 Å². The summed E-state index contributed by atoms with van der Waals surface area (Å²) in [6.45, 7) is 0. The van der Waals surface area contributed by atoms with Crippen LogP contribution in [0.2, 0.25) is 0 Å². The normalized spacial score (nSPS) is 9.26. The highest BCUT2D eigenvalue weighted by Gasteiger charge is 2.01. The smallest absolute Gasteiger partial charge is 0.150 e. The second-order valence-corrected chi connectivity index (χ2v) is 3.96. The molecule has 0 spiro atoms. The predicted molar refractivity (Wildman–Crippen MR) is 78.1 cm³/mol. The third-order valence-electron chi connectivity index (χ3n) is 2.67. The average molecular weight is 249 g/mol. The van der Waals surface area contributed by atoms with Gasteiger partial charge in [0.05, 0.1) is 0 Å². The van der Waals surface area contributed by atoms with Crippen LogP contribution < -0.4 is 0 Å². The highest BCUT2D eigenvalue weighted by molar-refractivity contribution is 5.87. The molecule has 0 radical (unpaired) electrons. The van der Waals surface area contributed by atoms with Crippen molar-refractivity contribution < 1.29 is 4.79 Å². The van der Waals surface area contributed by atoms with Crippen LogP contribution in [0.4, 0.5) is 0 Å². The van der Waals surface area contributed by atoms with Crippen molar-refractivity contribution >= 4 is 6.29 Å². The maximum absolute atomic E-state index is 10.8. The van der Waals surface area contributed by atoms with E-state index in [-0.39, 0.29) is 0 Å². The van der Waals surface area contributed by atoms with Gasteiger partial charge in [-0.15, -0.1) is 0 Å². The van der Waals surface area contributed by atoms with Gasteiger partial charge in [0.2, 0.25) is 0 Å². The zero-order valence-electron chi connectivity index (χ0n) is 10.5. The molecular weight excluding hydrogens is 234 g/mol. The van der Waals surface area contributed by atoms with E-state index in [1.54, 1.807) is 0 Å². The number of nitrogens with one attached hydrogen (secondary N) is 1. The van der Waals surface area contributed by atoms with Crippen molar-refractivity contribution in [3.63, 3.8) is 0 Å². The number of hydrogen-bond acceptors (Lipinski definition) is 1. The number of rotatable bonds is 2. The summed E-state index contributed by atoms with van der Waals surface area (Å²) in [4.78, 5) is 13.7. The Balaban J connectivity index is 0.000000224. The molecule has 0 fully saturated rings. The van der Waals surface area contributed by atoms with Crippen LogP contribution in [0.25, 0.3) is 11.1 Å². The van der Waals surface area contributed by atoms with E-state index in [4.69, 9.17) is 0 Å². The molecule has 0 aliphatic rings. The summed E-state index contributed by atoms with van der Waals surface area (Å²) in [5.74, 6) is 0. The molecule has 1 N–H and O–H groups in total. The van der Waals surface area contributed by atoms with E-state index in [1.807, 2.05) is 79.1 Å². The Labute approximate surface area is 112 Å². The number of carbonyl (C=O) groups is 1. The minimum atomic E-state index is 0.735. The highest BCUT2D eigenvalue weighted by Crippen LogP contribution is 2.21. The van der Waals surface area contributed by atoms with Crippen LogP contribution in [-0.4, -0.2) is 11.3 Å². The number of benzene rings is 2. The van der Waals surface area contributed by atoms with Crippen molar-refractivity contribution in [2.24, 2.45) is 0 Å². The van der Waals surface area contributed by atoms with Gasteiger partial charge in [0, 0.05) is 18.0 Å². The van der Waals surface area contributed by atoms with E-state index in [1.165, 1.54) is 0 Å². The number of aromatic amines is 1. The van der Waals surface area contributed by atoms with E-state index in [0.29, 0.717) is 0 Å². The number of H-pyrrole nitrogens is 1. The van der Waals surface area contributed by atoms with Gasteiger partial charge in [-0.1, -0.05) is 54.6 Å². The van der Waals surface area contributed by atoms with Gasteiger partial charge in [0.25, 0.3) is 0 Å². The Bertz CT molecular complexity index is 583. The Morgan fingerprint density at radius 2 is 1.37 bits per heavy atom. The lowest BCUT2D eigenvalue weighted by molar-refractivity contribution is 0.112. The first-order chi connectivity index (χ1) is 9.42. The van der Waals surface area contributed by atoms with Crippen LogP contribution in [0, 0.1) is 0 Å². The Hall–Kier alpha value is -2.61. The van der Waals surface area contributed by atoms with Crippen LogP contribution >= 0.6 is 0 Å². The molecule has 0 unspecified atom stereocenters. The largest absolute Gasteiger partial charge is 0.368 e. The first kappa shape index (κ1) is 12.8. The molecule has 0 amide bonds. The second-order valence-electron chi connectivity index (χ2n) is 3.96. The van der Waals surface area contributed by atoms with E-state index in [2.05, 4.69) is 4.98 Å². The van der Waals surface area contributed by atoms with Crippen molar-refractivity contribution in [3.05, 3.63) is 84.7 Å². The number of aldehydes is 1. The van der Waals surface area contributed by atoms with E-state index < -0.39 is 0 Å². The molecule has 94 valence electrons. The lowest BCUT2D eigenvalue weighted by Crippen LogP contribution is -1.85. The highest BCUT2D eigenvalue weighted by atomic mass is 16.1. The molecular formula is C17H15NO. The second kappa shape index (κ2) is 6.97. The average Bonchev–Trinajstić information content (AvgIpc) is 3.08. The summed E-state index contributed by atoms with van der Waals surface area (Å²) in [7, 11) is 0. The van der Waals surface area contributed by atoms with Gasteiger partial charge < -0.3 is 4.98 Å². The Morgan fingerprint density at radius 1 is 0.737 bits per heavy atom. The maximum Gasteiger partial charge on any atom is 0.150 e. The van der Waals surface area contributed by atoms with Gasteiger partial charge in [-0.2, -0.15) is 0 Å². The molecule has 2 aromatic carbocycles. The molecule has 1 aromatic heterocycles. The molecule has 0 aliphatic heterocycles. The summed E-state index contributed by atoms with van der Waals surface area (Å²) in [5, 5.41) is 0. The number of hydrogen-bond donors (Lipinski definition) is 1. The summed E-state index contributed by atoms with van der Waals surface area (Å²) in [6.07, 6.45) is 4.64. The topological polar surface area (TPSA) is 32.9 Å². The predicted octanol–water partition coefficient (Wildman–Crippen LogP) is 4.18. The SMILES string of the molecule is O=Cc1ccccc1-c1ccccc1.c1cc[nH]c1. The molecule has 0 saturated carbocycles. The molecule has 0 atom stereocenters. The minimum Gasteiger partial charge on any atom is -0.368 e. The van der Waals surface area contributed by atoms with Crippen molar-refractivity contribution in [2.75, 3.05) is 0 Å². The Kier molecular flexibility index (Phi) is 4.71. The molecule has 0 saturated heterocycles. The van der Waals surface area contributed by atoms with Gasteiger partial charge in [-0.3, -0.25) is 4.79 Å². The third kappa shape index (κ3) is 3.68. The summed E-state index contributed by atoms with van der Waals surface area (Å²) < 4.78 is 0. The van der Waals surface area contributed by atoms with Gasteiger partial charge >= 0.3 is 0 Å². The molecule has 3 aromatic rings. The van der Waals surface area contributed by atoms with Crippen LogP contribution in [0.15, 0.2) is 79.1 Å². The fraction of sp³-hybridized carbons (Fsp3) is 0. The fourth-order valence-electron chi connectivity index (χ4n) is 1.76. The number of carbonyl (C=O) groups excluding carboxylic acids is 1. The van der Waals surface area contributed by atoms with Crippen LogP contribution in [0.1, 0.15) is 10.4 Å². The quantitative estimate of drug-likeness (QED) is 0.679. The Morgan fingerprint density at radius 3 is 1.95 bits per heavy atom. The van der Waals surface area contributed by atoms with Crippen LogP contribution in [0.5, 0.6) is 0 Å². The summed E-state index contributed by atoms with van der Waals surface area (Å²) >= 11 is 0. The molecule has 3 rings (SSSR count). The van der Waals surface area contributed by atoms with Gasteiger partial charge in [-0.25, -0.2) is 0 Å². The molecule has 0 aliphatic carbocycles. The van der Waals surface area contributed by atoms with Crippen molar-refractivity contribution in [1.29, 1.82) is 0 Å². The van der Waals surface area contributed by atoms with Crippen molar-refractivity contribution in [3.8, 4) is 11.1 Å². The number of aromatic nitrogens is 1. The third-order valence-corrected chi connectivity index (χ3v) is 2.67. The van der Waals surface area contributed by atoms with E-state index in [0.717, 1.165) is 23.0 Å². The van der Waals surface area contributed by atoms with E-state index >= 15 is 0 Å². The van der Waals surface area contributed by atoms with Gasteiger partial charge in [-0.05, 0) is 23.3 Å².